The number of amides is 1. The van der Waals surface area contributed by atoms with Gasteiger partial charge in [0.25, 0.3) is 0 Å². The minimum absolute atomic E-state index is 0. The number of hydrogen-bond donors (Lipinski definition) is 2. The van der Waals surface area contributed by atoms with Crippen LogP contribution in [0, 0.1) is 5.92 Å². The van der Waals surface area contributed by atoms with Gasteiger partial charge in [-0.15, -0.1) is 12.4 Å². The number of hydrogen-bond acceptors (Lipinski definition) is 3. The van der Waals surface area contributed by atoms with Crippen molar-refractivity contribution >= 4 is 18.3 Å². The molecule has 1 fully saturated rings. The molecule has 3 rings (SSSR count). The monoisotopic (exact) mass is 374 g/mol. The lowest BCUT2D eigenvalue weighted by Crippen LogP contribution is -2.48. The quantitative estimate of drug-likeness (QED) is 0.811. The van der Waals surface area contributed by atoms with E-state index in [4.69, 9.17) is 4.74 Å². The van der Waals surface area contributed by atoms with Gasteiger partial charge in [0.15, 0.2) is 0 Å². The van der Waals surface area contributed by atoms with E-state index < -0.39 is 0 Å². The number of piperidine rings is 1. The van der Waals surface area contributed by atoms with Crippen molar-refractivity contribution in [3.63, 3.8) is 0 Å². The van der Waals surface area contributed by atoms with E-state index in [9.17, 15) is 4.79 Å². The lowest BCUT2D eigenvalue weighted by Gasteiger charge is -2.30. The maximum absolute atomic E-state index is 12.2. The third-order valence-corrected chi connectivity index (χ3v) is 4.69. The van der Waals surface area contributed by atoms with E-state index in [0.717, 1.165) is 36.4 Å². The van der Waals surface area contributed by atoms with Crippen molar-refractivity contribution in [3.05, 3.63) is 54.6 Å². The van der Waals surface area contributed by atoms with Crippen molar-refractivity contribution in [1.29, 1.82) is 0 Å². The van der Waals surface area contributed by atoms with Gasteiger partial charge in [-0.1, -0.05) is 55.5 Å². The topological polar surface area (TPSA) is 50.4 Å². The van der Waals surface area contributed by atoms with Crippen molar-refractivity contribution in [2.24, 2.45) is 5.92 Å². The number of nitrogens with one attached hydrogen (secondary N) is 2. The Labute approximate surface area is 161 Å². The highest BCUT2D eigenvalue weighted by atomic mass is 35.5. The van der Waals surface area contributed by atoms with E-state index in [-0.39, 0.29) is 24.4 Å². The van der Waals surface area contributed by atoms with E-state index in [1.807, 2.05) is 42.5 Å². The molecule has 26 heavy (non-hydrogen) atoms. The predicted octanol–water partition coefficient (Wildman–Crippen LogP) is 3.66. The number of rotatable bonds is 6. The third kappa shape index (κ3) is 5.48. The van der Waals surface area contributed by atoms with Crippen molar-refractivity contribution < 1.29 is 9.53 Å². The van der Waals surface area contributed by atoms with E-state index in [2.05, 4.69) is 29.7 Å². The summed E-state index contributed by atoms with van der Waals surface area (Å²) in [5.74, 6) is 1.35. The van der Waals surface area contributed by atoms with Crippen molar-refractivity contribution in [1.82, 2.24) is 10.6 Å². The first-order valence-electron chi connectivity index (χ1n) is 9.01. The lowest BCUT2D eigenvalue weighted by atomic mass is 9.95. The predicted molar refractivity (Wildman–Crippen MR) is 108 cm³/mol. The standard InChI is InChI=1S/C21H26N2O2.ClH/c1-16-15-22-13-11-19(16)23-21(24)12-14-25-20-10-6-5-9-18(20)17-7-3-2-4-8-17;/h2-10,16,19,22H,11-15H2,1H3,(H,23,24);1H. The molecule has 0 spiro atoms. The molecule has 2 atom stereocenters. The molecule has 2 aromatic rings. The second kappa shape index (κ2) is 10.2. The molecule has 0 aromatic heterocycles. The average molecular weight is 375 g/mol. The Hall–Kier alpha value is -2.04. The van der Waals surface area contributed by atoms with Crippen LogP contribution in [-0.2, 0) is 4.79 Å². The van der Waals surface area contributed by atoms with Crippen molar-refractivity contribution in [2.75, 3.05) is 19.7 Å². The third-order valence-electron chi connectivity index (χ3n) is 4.69. The fourth-order valence-electron chi connectivity index (χ4n) is 3.21. The highest BCUT2D eigenvalue weighted by Crippen LogP contribution is 2.29. The summed E-state index contributed by atoms with van der Waals surface area (Å²) in [5.41, 5.74) is 2.17. The number of carbonyl (C=O) groups excluding carboxylic acids is 1. The van der Waals surface area contributed by atoms with Gasteiger partial charge in [0.05, 0.1) is 13.0 Å². The van der Waals surface area contributed by atoms with Crippen LogP contribution in [0.3, 0.4) is 0 Å². The summed E-state index contributed by atoms with van der Waals surface area (Å²) in [6, 6.07) is 18.4. The Kier molecular flexibility index (Phi) is 7.95. The normalized spacial score (nSPS) is 19.3. The molecule has 1 saturated heterocycles. The molecule has 4 nitrogen and oxygen atoms in total. The van der Waals surface area contributed by atoms with Crippen LogP contribution in [-0.4, -0.2) is 31.6 Å². The van der Waals surface area contributed by atoms with E-state index in [0.29, 0.717) is 18.9 Å². The summed E-state index contributed by atoms with van der Waals surface area (Å²) in [7, 11) is 0. The summed E-state index contributed by atoms with van der Waals surface area (Å²) < 4.78 is 5.91. The molecule has 0 saturated carbocycles. The van der Waals surface area contributed by atoms with Gasteiger partial charge in [-0.2, -0.15) is 0 Å². The Morgan fingerprint density at radius 1 is 1.15 bits per heavy atom. The molecular formula is C21H27ClN2O2. The smallest absolute Gasteiger partial charge is 0.223 e. The van der Waals surface area contributed by atoms with Gasteiger partial charge in [-0.3, -0.25) is 4.79 Å². The molecule has 140 valence electrons. The minimum atomic E-state index is 0. The first kappa shape index (κ1) is 20.3. The van der Waals surface area contributed by atoms with E-state index in [1.54, 1.807) is 0 Å². The van der Waals surface area contributed by atoms with Crippen molar-refractivity contribution in [3.8, 4) is 16.9 Å². The molecule has 5 heteroatoms. The lowest BCUT2D eigenvalue weighted by molar-refractivity contribution is -0.122. The van der Waals surface area contributed by atoms with Crippen LogP contribution < -0.4 is 15.4 Å². The molecule has 0 bridgehead atoms. The highest BCUT2D eigenvalue weighted by Gasteiger charge is 2.22. The van der Waals surface area contributed by atoms with Gasteiger partial charge in [0, 0.05) is 11.6 Å². The number of ether oxygens (including phenoxy) is 1. The van der Waals surface area contributed by atoms with Gasteiger partial charge < -0.3 is 15.4 Å². The van der Waals surface area contributed by atoms with Gasteiger partial charge in [0.2, 0.25) is 5.91 Å². The SMILES string of the molecule is CC1CNCCC1NC(=O)CCOc1ccccc1-c1ccccc1.Cl. The van der Waals surface area contributed by atoms with Crippen molar-refractivity contribution in [2.45, 2.75) is 25.8 Å². The first-order chi connectivity index (χ1) is 12.2. The van der Waals surface area contributed by atoms with Crippen LogP contribution in [0.5, 0.6) is 5.75 Å². The Morgan fingerprint density at radius 2 is 1.88 bits per heavy atom. The average Bonchev–Trinajstić information content (AvgIpc) is 2.65. The van der Waals surface area contributed by atoms with E-state index in [1.165, 1.54) is 0 Å². The van der Waals surface area contributed by atoms with Gasteiger partial charge >= 0.3 is 0 Å². The Balaban J connectivity index is 0.00000243. The number of carbonyl (C=O) groups is 1. The van der Waals surface area contributed by atoms with Gasteiger partial charge in [0.1, 0.15) is 5.75 Å². The fourth-order valence-corrected chi connectivity index (χ4v) is 3.21. The number of halogens is 1. The molecule has 1 amide bonds. The summed E-state index contributed by atoms with van der Waals surface area (Å²) >= 11 is 0. The van der Waals surface area contributed by atoms with Gasteiger partial charge in [-0.25, -0.2) is 0 Å². The molecule has 1 aliphatic rings. The van der Waals surface area contributed by atoms with Crippen LogP contribution in [0.25, 0.3) is 11.1 Å². The zero-order chi connectivity index (χ0) is 17.5. The van der Waals surface area contributed by atoms with Crippen LogP contribution in [0.2, 0.25) is 0 Å². The number of benzene rings is 2. The molecule has 1 heterocycles. The Morgan fingerprint density at radius 3 is 2.65 bits per heavy atom. The molecule has 2 N–H and O–H groups in total. The highest BCUT2D eigenvalue weighted by molar-refractivity contribution is 5.85. The fraction of sp³-hybridized carbons (Fsp3) is 0.381. The van der Waals surface area contributed by atoms with Crippen LogP contribution in [0.1, 0.15) is 19.8 Å². The first-order valence-corrected chi connectivity index (χ1v) is 9.01. The summed E-state index contributed by atoms with van der Waals surface area (Å²) in [4.78, 5) is 12.2. The second-order valence-electron chi connectivity index (χ2n) is 6.60. The molecule has 2 aromatic carbocycles. The molecule has 0 radical (unpaired) electrons. The zero-order valence-electron chi connectivity index (χ0n) is 15.1. The van der Waals surface area contributed by atoms with Gasteiger partial charge in [-0.05, 0) is 37.1 Å². The summed E-state index contributed by atoms with van der Waals surface area (Å²) in [5, 5.41) is 6.49. The largest absolute Gasteiger partial charge is 0.492 e. The summed E-state index contributed by atoms with van der Waals surface area (Å²) in [6.45, 7) is 4.49. The minimum Gasteiger partial charge on any atom is -0.492 e. The Bertz CT molecular complexity index is 693. The van der Waals surface area contributed by atoms with Crippen LogP contribution in [0.4, 0.5) is 0 Å². The maximum Gasteiger partial charge on any atom is 0.223 e. The molecular weight excluding hydrogens is 348 g/mol. The number of para-hydroxylation sites is 1. The summed E-state index contributed by atoms with van der Waals surface area (Å²) in [6.07, 6.45) is 1.37. The zero-order valence-corrected chi connectivity index (χ0v) is 15.9. The second-order valence-corrected chi connectivity index (χ2v) is 6.60. The maximum atomic E-state index is 12.2. The molecule has 0 aliphatic carbocycles. The van der Waals surface area contributed by atoms with Crippen LogP contribution in [0.15, 0.2) is 54.6 Å². The molecule has 2 unspecified atom stereocenters. The molecule has 1 aliphatic heterocycles. The van der Waals surface area contributed by atoms with Crippen LogP contribution >= 0.6 is 12.4 Å². The van der Waals surface area contributed by atoms with E-state index >= 15 is 0 Å².